The molecule has 0 aliphatic heterocycles. The fraction of sp³-hybridized carbons (Fsp3) is 0.100. The van der Waals surface area contributed by atoms with Crippen LogP contribution in [0.15, 0.2) is 33.8 Å². The van der Waals surface area contributed by atoms with Crippen LogP contribution in [0, 0.1) is 0 Å². The lowest BCUT2D eigenvalue weighted by atomic mass is 10.1. The van der Waals surface area contributed by atoms with Gasteiger partial charge in [-0.1, -0.05) is 17.8 Å². The molecule has 0 aliphatic rings. The first kappa shape index (κ1) is 13.0. The van der Waals surface area contributed by atoms with Crippen LogP contribution in [0.3, 0.4) is 0 Å². The second-order valence-electron chi connectivity index (χ2n) is 3.18. The number of alkyl halides is 3. The number of halogens is 3. The second-order valence-corrected chi connectivity index (χ2v) is 5.25. The number of rotatable bonds is 3. The molecule has 0 saturated heterocycles. The summed E-state index contributed by atoms with van der Waals surface area (Å²) in [5, 5.41) is 0. The topological polar surface area (TPSA) is 42.9 Å². The number of aldehydes is 1. The molecule has 0 unspecified atom stereocenters. The second kappa shape index (κ2) is 5.07. The fourth-order valence-electron chi connectivity index (χ4n) is 1.23. The summed E-state index contributed by atoms with van der Waals surface area (Å²) in [6.07, 6.45) is -2.85. The summed E-state index contributed by atoms with van der Waals surface area (Å²) < 4.78 is 42.6. The molecule has 0 spiro atoms. The summed E-state index contributed by atoms with van der Waals surface area (Å²) in [7, 11) is 0. The van der Waals surface area contributed by atoms with Gasteiger partial charge in [-0.05, 0) is 23.7 Å². The molecule has 2 rings (SSSR count). The quantitative estimate of drug-likeness (QED) is 0.811. The molecule has 1 aromatic carbocycles. The van der Waals surface area contributed by atoms with Crippen LogP contribution in [0.2, 0.25) is 0 Å². The Labute approximate surface area is 108 Å². The molecule has 0 fully saturated rings. The van der Waals surface area contributed by atoms with Crippen LogP contribution in [0.5, 0.6) is 0 Å². The molecule has 0 atom stereocenters. The molecule has 94 valence electrons. The van der Waals surface area contributed by atoms with Crippen molar-refractivity contribution in [2.45, 2.75) is 15.4 Å². The maximum absolute atomic E-state index is 12.8. The van der Waals surface area contributed by atoms with Crippen LogP contribution >= 0.6 is 23.3 Å². The summed E-state index contributed by atoms with van der Waals surface area (Å²) in [6, 6.07) is 3.43. The minimum atomic E-state index is -4.51. The first-order valence-corrected chi connectivity index (χ1v) is 6.20. The zero-order valence-corrected chi connectivity index (χ0v) is 10.3. The summed E-state index contributed by atoms with van der Waals surface area (Å²) in [5.41, 5.74) is -0.851. The predicted molar refractivity (Wildman–Crippen MR) is 60.9 cm³/mol. The van der Waals surface area contributed by atoms with E-state index in [4.69, 9.17) is 0 Å². The van der Waals surface area contributed by atoms with Gasteiger partial charge < -0.3 is 0 Å². The molecular weight excluding hydrogens is 285 g/mol. The molecule has 0 N–H and O–H groups in total. The summed E-state index contributed by atoms with van der Waals surface area (Å²) in [5.74, 6) is 0. The van der Waals surface area contributed by atoms with E-state index in [-0.39, 0.29) is 10.5 Å². The highest BCUT2D eigenvalue weighted by molar-refractivity contribution is 8.01. The van der Waals surface area contributed by atoms with Gasteiger partial charge in [-0.25, -0.2) is 4.98 Å². The van der Waals surface area contributed by atoms with Crippen LogP contribution in [-0.2, 0) is 6.18 Å². The first-order chi connectivity index (χ1) is 8.50. The van der Waals surface area contributed by atoms with E-state index in [1.165, 1.54) is 18.5 Å². The predicted octanol–water partition coefficient (Wildman–Crippen LogP) is 3.52. The van der Waals surface area contributed by atoms with E-state index in [2.05, 4.69) is 9.36 Å². The Morgan fingerprint density at radius 2 is 2.11 bits per heavy atom. The van der Waals surface area contributed by atoms with E-state index in [0.717, 1.165) is 29.4 Å². The monoisotopic (exact) mass is 290 g/mol. The van der Waals surface area contributed by atoms with Crippen LogP contribution < -0.4 is 0 Å². The van der Waals surface area contributed by atoms with Gasteiger partial charge in [0.25, 0.3) is 0 Å². The van der Waals surface area contributed by atoms with Gasteiger partial charge in [0.1, 0.15) is 12.6 Å². The third kappa shape index (κ3) is 2.88. The summed E-state index contributed by atoms with van der Waals surface area (Å²) in [6.45, 7) is 0. The highest BCUT2D eigenvalue weighted by Gasteiger charge is 2.34. The van der Waals surface area contributed by atoms with Gasteiger partial charge in [-0.2, -0.15) is 17.5 Å². The van der Waals surface area contributed by atoms with Crippen LogP contribution in [0.25, 0.3) is 0 Å². The largest absolute Gasteiger partial charge is 0.417 e. The van der Waals surface area contributed by atoms with Crippen molar-refractivity contribution >= 4 is 29.6 Å². The molecule has 18 heavy (non-hydrogen) atoms. The molecule has 2 aromatic rings. The van der Waals surface area contributed by atoms with Crippen molar-refractivity contribution in [2.75, 3.05) is 0 Å². The molecule has 0 bridgehead atoms. The van der Waals surface area contributed by atoms with E-state index in [0.29, 0.717) is 10.6 Å². The van der Waals surface area contributed by atoms with Crippen molar-refractivity contribution in [1.29, 1.82) is 0 Å². The number of aromatic nitrogens is 2. The maximum atomic E-state index is 12.8. The minimum Gasteiger partial charge on any atom is -0.298 e. The Bertz CT molecular complexity index is 555. The van der Waals surface area contributed by atoms with Crippen LogP contribution in [0.4, 0.5) is 13.2 Å². The van der Waals surface area contributed by atoms with Gasteiger partial charge in [0.15, 0.2) is 4.34 Å². The van der Waals surface area contributed by atoms with Gasteiger partial charge in [-0.15, -0.1) is 0 Å². The van der Waals surface area contributed by atoms with E-state index in [9.17, 15) is 18.0 Å². The van der Waals surface area contributed by atoms with Crippen molar-refractivity contribution in [3.05, 3.63) is 35.7 Å². The van der Waals surface area contributed by atoms with Crippen molar-refractivity contribution < 1.29 is 18.0 Å². The van der Waals surface area contributed by atoms with Crippen LogP contribution in [-0.4, -0.2) is 15.6 Å². The first-order valence-electron chi connectivity index (χ1n) is 4.61. The Morgan fingerprint density at radius 1 is 1.33 bits per heavy atom. The third-order valence-corrected chi connectivity index (χ3v) is 3.77. The Kier molecular flexibility index (Phi) is 3.67. The lowest BCUT2D eigenvalue weighted by molar-refractivity contribution is -0.139. The van der Waals surface area contributed by atoms with E-state index >= 15 is 0 Å². The van der Waals surface area contributed by atoms with Crippen molar-refractivity contribution in [2.24, 2.45) is 0 Å². The number of nitrogens with zero attached hydrogens (tertiary/aromatic N) is 2. The normalized spacial score (nSPS) is 11.5. The lowest BCUT2D eigenvalue weighted by Gasteiger charge is -2.11. The van der Waals surface area contributed by atoms with Crippen molar-refractivity contribution in [3.63, 3.8) is 0 Å². The molecule has 0 saturated carbocycles. The Morgan fingerprint density at radius 3 is 2.67 bits per heavy atom. The van der Waals surface area contributed by atoms with Crippen LogP contribution in [0.1, 0.15) is 15.9 Å². The van der Waals surface area contributed by atoms with E-state index in [1.54, 1.807) is 0 Å². The van der Waals surface area contributed by atoms with E-state index < -0.39 is 11.7 Å². The van der Waals surface area contributed by atoms with Gasteiger partial charge in [-0.3, -0.25) is 4.79 Å². The number of carbonyl (C=O) groups excluding carboxylic acids is 1. The molecular formula is C10H5F3N2OS2. The molecule has 0 radical (unpaired) electrons. The van der Waals surface area contributed by atoms with Gasteiger partial charge in [0.05, 0.1) is 5.56 Å². The molecule has 1 aromatic heterocycles. The SMILES string of the molecule is O=Cc1ccc(Sc2ncns2)c(C(F)(F)F)c1. The van der Waals surface area contributed by atoms with Gasteiger partial charge in [0, 0.05) is 10.5 Å². The fourth-order valence-corrected chi connectivity index (χ4v) is 2.77. The standard InChI is InChI=1S/C10H5F3N2OS2/c11-10(12,13)7-3-6(4-16)1-2-8(7)17-9-14-5-15-18-9/h1-5H. The highest BCUT2D eigenvalue weighted by Crippen LogP contribution is 2.39. The third-order valence-electron chi connectivity index (χ3n) is 1.98. The Balaban J connectivity index is 2.43. The number of hydrogen-bond donors (Lipinski definition) is 0. The summed E-state index contributed by atoms with van der Waals surface area (Å²) in [4.78, 5) is 14.3. The maximum Gasteiger partial charge on any atom is 0.417 e. The molecule has 0 amide bonds. The van der Waals surface area contributed by atoms with Gasteiger partial charge in [0.2, 0.25) is 0 Å². The lowest BCUT2D eigenvalue weighted by Crippen LogP contribution is -2.07. The average Bonchev–Trinajstić information content (AvgIpc) is 2.81. The van der Waals surface area contributed by atoms with E-state index in [1.807, 2.05) is 0 Å². The minimum absolute atomic E-state index is 0.00449. The molecule has 0 aliphatic carbocycles. The number of hydrogen-bond acceptors (Lipinski definition) is 5. The highest BCUT2D eigenvalue weighted by atomic mass is 32.2. The average molecular weight is 290 g/mol. The molecule has 8 heteroatoms. The van der Waals surface area contributed by atoms with Gasteiger partial charge >= 0.3 is 6.18 Å². The number of carbonyl (C=O) groups is 1. The molecule has 3 nitrogen and oxygen atoms in total. The number of benzene rings is 1. The molecule has 1 heterocycles. The van der Waals surface area contributed by atoms with Crippen molar-refractivity contribution in [3.8, 4) is 0 Å². The Hall–Kier alpha value is -1.41. The summed E-state index contributed by atoms with van der Waals surface area (Å²) >= 11 is 1.89. The zero-order valence-electron chi connectivity index (χ0n) is 8.64. The zero-order chi connectivity index (χ0) is 13.2. The smallest absolute Gasteiger partial charge is 0.298 e. The van der Waals surface area contributed by atoms with Crippen molar-refractivity contribution in [1.82, 2.24) is 9.36 Å².